The molecular formula is C15H21ClN2O4S. The van der Waals surface area contributed by atoms with Gasteiger partial charge in [0.15, 0.2) is 11.5 Å². The van der Waals surface area contributed by atoms with Gasteiger partial charge in [-0.05, 0) is 31.4 Å². The van der Waals surface area contributed by atoms with E-state index in [-0.39, 0.29) is 23.3 Å². The number of hydrogen-bond acceptors (Lipinski definition) is 5. The molecule has 1 aromatic rings. The highest BCUT2D eigenvalue weighted by Gasteiger charge is 2.35. The largest absolute Gasteiger partial charge is 0.486 e. The molecule has 3 aliphatic rings. The van der Waals surface area contributed by atoms with Crippen LogP contribution in [0.25, 0.3) is 0 Å². The molecule has 4 rings (SSSR count). The number of sulfonamides is 1. The molecule has 0 radical (unpaired) electrons. The lowest BCUT2D eigenvalue weighted by atomic mass is 10.1. The Labute approximate surface area is 142 Å². The van der Waals surface area contributed by atoms with Crippen LogP contribution < -0.4 is 14.8 Å². The van der Waals surface area contributed by atoms with E-state index < -0.39 is 10.0 Å². The number of ether oxygens (including phenoxy) is 2. The Morgan fingerprint density at radius 3 is 2.61 bits per heavy atom. The van der Waals surface area contributed by atoms with E-state index >= 15 is 0 Å². The first-order valence-corrected chi connectivity index (χ1v) is 9.23. The second kappa shape index (κ2) is 6.47. The van der Waals surface area contributed by atoms with Crippen LogP contribution in [0.4, 0.5) is 0 Å². The molecule has 3 aliphatic heterocycles. The average Bonchev–Trinajstić information content (AvgIpc) is 2.85. The van der Waals surface area contributed by atoms with Gasteiger partial charge in [-0.1, -0.05) is 0 Å². The SMILES string of the molecule is Cl.O=S(=O)(c1ccc2c(c1)OCCO2)N1CCC2CCC(C1)N2. The lowest BCUT2D eigenvalue weighted by Gasteiger charge is -2.25. The quantitative estimate of drug-likeness (QED) is 0.863. The fourth-order valence-corrected chi connectivity index (χ4v) is 4.98. The molecule has 23 heavy (non-hydrogen) atoms. The van der Waals surface area contributed by atoms with Crippen molar-refractivity contribution < 1.29 is 17.9 Å². The van der Waals surface area contributed by atoms with Gasteiger partial charge in [-0.25, -0.2) is 8.42 Å². The highest BCUT2D eigenvalue weighted by atomic mass is 35.5. The minimum Gasteiger partial charge on any atom is -0.486 e. The standard InChI is InChI=1S/C15H20N2O4S.ClH/c18-22(19,17-6-5-11-1-2-12(10-17)16-11)13-3-4-14-15(9-13)21-8-7-20-14;/h3-4,9,11-12,16H,1-2,5-8,10H2;1H. The van der Waals surface area contributed by atoms with Crippen LogP contribution in [0.15, 0.2) is 23.1 Å². The van der Waals surface area contributed by atoms with Crippen LogP contribution in [-0.4, -0.2) is 51.1 Å². The molecule has 2 bridgehead atoms. The Bertz CT molecular complexity index is 682. The van der Waals surface area contributed by atoms with Gasteiger partial charge in [-0.2, -0.15) is 4.31 Å². The number of rotatable bonds is 2. The van der Waals surface area contributed by atoms with Gasteiger partial charge in [0.05, 0.1) is 4.90 Å². The van der Waals surface area contributed by atoms with Gasteiger partial charge in [0, 0.05) is 31.2 Å². The summed E-state index contributed by atoms with van der Waals surface area (Å²) >= 11 is 0. The number of nitrogens with zero attached hydrogens (tertiary/aromatic N) is 1. The van der Waals surface area contributed by atoms with Crippen molar-refractivity contribution in [1.29, 1.82) is 0 Å². The maximum Gasteiger partial charge on any atom is 0.243 e. The topological polar surface area (TPSA) is 67.9 Å². The molecule has 2 saturated heterocycles. The van der Waals surface area contributed by atoms with E-state index in [1.165, 1.54) is 0 Å². The Morgan fingerprint density at radius 2 is 1.78 bits per heavy atom. The number of halogens is 1. The van der Waals surface area contributed by atoms with Gasteiger partial charge < -0.3 is 14.8 Å². The zero-order valence-electron chi connectivity index (χ0n) is 12.7. The van der Waals surface area contributed by atoms with Gasteiger partial charge in [-0.15, -0.1) is 12.4 Å². The Hall–Kier alpha value is -1.02. The van der Waals surface area contributed by atoms with E-state index in [4.69, 9.17) is 9.47 Å². The van der Waals surface area contributed by atoms with Crippen LogP contribution in [0.3, 0.4) is 0 Å². The third kappa shape index (κ3) is 3.15. The minimum atomic E-state index is -3.48. The summed E-state index contributed by atoms with van der Waals surface area (Å²) in [6.07, 6.45) is 3.08. The van der Waals surface area contributed by atoms with E-state index in [1.54, 1.807) is 22.5 Å². The third-order valence-corrected chi connectivity index (χ3v) is 6.50. The molecule has 0 saturated carbocycles. The summed E-state index contributed by atoms with van der Waals surface area (Å²) in [5.74, 6) is 1.13. The van der Waals surface area contributed by atoms with Gasteiger partial charge in [0.25, 0.3) is 0 Å². The Morgan fingerprint density at radius 1 is 1.04 bits per heavy atom. The van der Waals surface area contributed by atoms with E-state index in [9.17, 15) is 8.42 Å². The minimum absolute atomic E-state index is 0. The smallest absolute Gasteiger partial charge is 0.243 e. The molecule has 8 heteroatoms. The van der Waals surface area contributed by atoms with Crippen LogP contribution in [0.2, 0.25) is 0 Å². The highest BCUT2D eigenvalue weighted by molar-refractivity contribution is 7.89. The molecule has 6 nitrogen and oxygen atoms in total. The molecule has 1 aromatic carbocycles. The van der Waals surface area contributed by atoms with Crippen molar-refractivity contribution in [3.8, 4) is 11.5 Å². The maximum absolute atomic E-state index is 12.9. The van der Waals surface area contributed by atoms with Crippen LogP contribution in [-0.2, 0) is 10.0 Å². The van der Waals surface area contributed by atoms with Crippen LogP contribution in [0.1, 0.15) is 19.3 Å². The van der Waals surface area contributed by atoms with Gasteiger partial charge in [0.1, 0.15) is 13.2 Å². The normalized spacial score (nSPS) is 27.1. The molecule has 2 fully saturated rings. The van der Waals surface area contributed by atoms with Crippen LogP contribution in [0, 0.1) is 0 Å². The molecule has 0 spiro atoms. The summed E-state index contributed by atoms with van der Waals surface area (Å²) in [5.41, 5.74) is 0. The molecule has 0 amide bonds. The van der Waals surface area contributed by atoms with Crippen LogP contribution >= 0.6 is 12.4 Å². The average molecular weight is 361 g/mol. The molecule has 1 N–H and O–H groups in total. The lowest BCUT2D eigenvalue weighted by molar-refractivity contribution is 0.171. The van der Waals surface area contributed by atoms with Crippen molar-refractivity contribution in [1.82, 2.24) is 9.62 Å². The molecular weight excluding hydrogens is 340 g/mol. The fourth-order valence-electron chi connectivity index (χ4n) is 3.46. The van der Waals surface area contributed by atoms with Crippen molar-refractivity contribution in [3.05, 3.63) is 18.2 Å². The number of nitrogens with one attached hydrogen (secondary N) is 1. The first-order chi connectivity index (χ1) is 10.6. The first-order valence-electron chi connectivity index (χ1n) is 7.79. The molecule has 2 unspecified atom stereocenters. The summed E-state index contributed by atoms with van der Waals surface area (Å²) in [6.45, 7) is 2.08. The second-order valence-corrected chi connectivity index (χ2v) is 8.03. The number of fused-ring (bicyclic) bond motifs is 3. The summed E-state index contributed by atoms with van der Waals surface area (Å²) in [4.78, 5) is 0.287. The van der Waals surface area contributed by atoms with Crippen molar-refractivity contribution >= 4 is 22.4 Å². The Kier molecular flexibility index (Phi) is 4.73. The first kappa shape index (κ1) is 16.8. The van der Waals surface area contributed by atoms with E-state index in [1.807, 2.05) is 0 Å². The van der Waals surface area contributed by atoms with Crippen molar-refractivity contribution in [2.24, 2.45) is 0 Å². The molecule has 128 valence electrons. The van der Waals surface area contributed by atoms with E-state index in [0.29, 0.717) is 43.8 Å². The lowest BCUT2D eigenvalue weighted by Crippen LogP contribution is -2.39. The van der Waals surface area contributed by atoms with Crippen molar-refractivity contribution in [2.45, 2.75) is 36.2 Å². The highest BCUT2D eigenvalue weighted by Crippen LogP contribution is 2.34. The summed E-state index contributed by atoms with van der Waals surface area (Å²) in [7, 11) is -3.48. The van der Waals surface area contributed by atoms with Gasteiger partial charge in [0.2, 0.25) is 10.0 Å². The molecule has 0 aliphatic carbocycles. The predicted molar refractivity (Wildman–Crippen MR) is 88.0 cm³/mol. The van der Waals surface area contributed by atoms with Crippen molar-refractivity contribution in [2.75, 3.05) is 26.3 Å². The third-order valence-electron chi connectivity index (χ3n) is 4.64. The number of benzene rings is 1. The molecule has 3 heterocycles. The summed E-state index contributed by atoms with van der Waals surface area (Å²) < 4.78 is 38.4. The van der Waals surface area contributed by atoms with Gasteiger partial charge in [-0.3, -0.25) is 0 Å². The zero-order valence-corrected chi connectivity index (χ0v) is 14.4. The zero-order chi connectivity index (χ0) is 15.2. The van der Waals surface area contributed by atoms with Crippen molar-refractivity contribution in [3.63, 3.8) is 0 Å². The van der Waals surface area contributed by atoms with Gasteiger partial charge >= 0.3 is 0 Å². The molecule has 0 aromatic heterocycles. The summed E-state index contributed by atoms with van der Waals surface area (Å²) in [6, 6.07) is 5.62. The summed E-state index contributed by atoms with van der Waals surface area (Å²) in [5, 5.41) is 3.51. The van der Waals surface area contributed by atoms with E-state index in [2.05, 4.69) is 5.32 Å². The maximum atomic E-state index is 12.9. The Balaban J connectivity index is 0.00000156. The van der Waals surface area contributed by atoms with E-state index in [0.717, 1.165) is 19.3 Å². The molecule has 2 atom stereocenters. The monoisotopic (exact) mass is 360 g/mol. The predicted octanol–water partition coefficient (Wildman–Crippen LogP) is 1.39. The fraction of sp³-hybridized carbons (Fsp3) is 0.600. The number of hydrogen-bond donors (Lipinski definition) is 1. The van der Waals surface area contributed by atoms with Crippen LogP contribution in [0.5, 0.6) is 11.5 Å². The second-order valence-electron chi connectivity index (χ2n) is 6.10.